The number of ether oxygens (including phenoxy) is 2. The summed E-state index contributed by atoms with van der Waals surface area (Å²) < 4.78 is 12.2. The number of nitrogens with zero attached hydrogens (tertiary/aromatic N) is 4. The van der Waals surface area contributed by atoms with Crippen LogP contribution in [0.25, 0.3) is 10.8 Å². The average Bonchev–Trinajstić information content (AvgIpc) is 3.00. The summed E-state index contributed by atoms with van der Waals surface area (Å²) in [5.74, 6) is 0.671. The van der Waals surface area contributed by atoms with Crippen LogP contribution in [0, 0.1) is 0 Å². The van der Waals surface area contributed by atoms with Crippen molar-refractivity contribution >= 4 is 22.8 Å². The molecule has 1 aromatic heterocycles. The first-order chi connectivity index (χ1) is 19.6. The SMILES string of the molecule is CN(CCCOCc1ccccc1)c1ncc(C2CCN(C(=O)O)CC2OCc2ccc3ccccc3c2)cn1. The summed E-state index contributed by atoms with van der Waals surface area (Å²) in [7, 11) is 1.98. The van der Waals surface area contributed by atoms with Crippen LogP contribution in [0.1, 0.15) is 35.4 Å². The van der Waals surface area contributed by atoms with Gasteiger partial charge in [-0.15, -0.1) is 0 Å². The van der Waals surface area contributed by atoms with Crippen molar-refractivity contribution in [2.45, 2.75) is 38.1 Å². The van der Waals surface area contributed by atoms with E-state index in [4.69, 9.17) is 9.47 Å². The molecule has 3 aromatic carbocycles. The van der Waals surface area contributed by atoms with Crippen molar-refractivity contribution in [3.05, 3.63) is 102 Å². The van der Waals surface area contributed by atoms with Crippen molar-refractivity contribution in [1.29, 1.82) is 0 Å². The average molecular weight is 541 g/mol. The van der Waals surface area contributed by atoms with Gasteiger partial charge in [0, 0.05) is 45.1 Å². The fraction of sp³-hybridized carbons (Fsp3) is 0.344. The van der Waals surface area contributed by atoms with Gasteiger partial charge in [0.25, 0.3) is 0 Å². The smallest absolute Gasteiger partial charge is 0.407 e. The molecule has 40 heavy (non-hydrogen) atoms. The van der Waals surface area contributed by atoms with Crippen LogP contribution in [0.5, 0.6) is 0 Å². The standard InChI is InChI=1S/C32H36N4O4/c1-35(15-7-17-39-22-24-8-3-2-4-9-24)31-33-19-28(20-34-31)29-14-16-36(32(37)38)21-30(29)40-23-25-12-13-26-10-5-6-11-27(26)18-25/h2-6,8-13,18-20,29-30H,7,14-17,21-23H2,1H3,(H,37,38). The Morgan fingerprint density at radius 1 is 0.975 bits per heavy atom. The number of carbonyl (C=O) groups is 1. The van der Waals surface area contributed by atoms with E-state index in [1.807, 2.05) is 54.7 Å². The summed E-state index contributed by atoms with van der Waals surface area (Å²) in [4.78, 5) is 24.4. The van der Waals surface area contributed by atoms with Crippen molar-refractivity contribution in [3.63, 3.8) is 0 Å². The zero-order chi connectivity index (χ0) is 27.7. The topological polar surface area (TPSA) is 88.0 Å². The molecule has 1 aliphatic heterocycles. The van der Waals surface area contributed by atoms with E-state index in [0.29, 0.717) is 45.3 Å². The summed E-state index contributed by atoms with van der Waals surface area (Å²) >= 11 is 0. The van der Waals surface area contributed by atoms with Crippen molar-refractivity contribution in [1.82, 2.24) is 14.9 Å². The molecule has 5 rings (SSSR count). The Morgan fingerprint density at radius 2 is 1.73 bits per heavy atom. The minimum absolute atomic E-state index is 0.0156. The molecule has 0 saturated carbocycles. The third-order valence-electron chi connectivity index (χ3n) is 7.43. The predicted octanol–water partition coefficient (Wildman–Crippen LogP) is 5.73. The van der Waals surface area contributed by atoms with E-state index in [1.165, 1.54) is 15.8 Å². The van der Waals surface area contributed by atoms with Gasteiger partial charge in [0.1, 0.15) is 0 Å². The fourth-order valence-corrected chi connectivity index (χ4v) is 5.16. The number of hydrogen-bond acceptors (Lipinski definition) is 6. The molecule has 0 radical (unpaired) electrons. The number of hydrogen-bond donors (Lipinski definition) is 1. The van der Waals surface area contributed by atoms with E-state index in [-0.39, 0.29) is 12.0 Å². The Morgan fingerprint density at radius 3 is 2.50 bits per heavy atom. The Labute approximate surface area is 235 Å². The molecule has 1 N–H and O–H groups in total. The molecule has 1 amide bonds. The first-order valence-electron chi connectivity index (χ1n) is 13.8. The molecule has 2 unspecified atom stereocenters. The third-order valence-corrected chi connectivity index (χ3v) is 7.43. The zero-order valence-electron chi connectivity index (χ0n) is 22.9. The number of fused-ring (bicyclic) bond motifs is 1. The molecule has 1 fully saturated rings. The van der Waals surface area contributed by atoms with Crippen LogP contribution in [0.3, 0.4) is 0 Å². The molecular formula is C32H36N4O4. The first kappa shape index (κ1) is 27.6. The molecule has 208 valence electrons. The lowest BCUT2D eigenvalue weighted by molar-refractivity contribution is -0.0200. The van der Waals surface area contributed by atoms with E-state index in [1.54, 1.807) is 0 Å². The summed E-state index contributed by atoms with van der Waals surface area (Å²) in [6.07, 6.45) is 4.04. The van der Waals surface area contributed by atoms with Gasteiger partial charge in [-0.2, -0.15) is 0 Å². The van der Waals surface area contributed by atoms with Crippen molar-refractivity contribution in [3.8, 4) is 0 Å². The minimum atomic E-state index is -0.918. The molecule has 1 aliphatic rings. The summed E-state index contributed by atoms with van der Waals surface area (Å²) in [6.45, 7) is 3.24. The van der Waals surface area contributed by atoms with Gasteiger partial charge in [0.15, 0.2) is 0 Å². The minimum Gasteiger partial charge on any atom is -0.465 e. The van der Waals surface area contributed by atoms with Gasteiger partial charge in [-0.05, 0) is 46.4 Å². The number of amides is 1. The number of benzene rings is 3. The second-order valence-corrected chi connectivity index (χ2v) is 10.3. The van der Waals surface area contributed by atoms with Gasteiger partial charge in [0.05, 0.1) is 25.9 Å². The molecule has 2 atom stereocenters. The van der Waals surface area contributed by atoms with Crippen LogP contribution < -0.4 is 4.90 Å². The van der Waals surface area contributed by atoms with Crippen LogP contribution in [-0.2, 0) is 22.7 Å². The normalized spacial score (nSPS) is 17.2. The Kier molecular flexibility index (Phi) is 9.21. The van der Waals surface area contributed by atoms with Crippen molar-refractivity contribution in [2.75, 3.05) is 38.2 Å². The summed E-state index contributed by atoms with van der Waals surface area (Å²) in [5.41, 5.74) is 3.20. The van der Waals surface area contributed by atoms with Crippen LogP contribution in [0.15, 0.2) is 85.2 Å². The van der Waals surface area contributed by atoms with Crippen molar-refractivity contribution < 1.29 is 19.4 Å². The van der Waals surface area contributed by atoms with Gasteiger partial charge in [-0.3, -0.25) is 0 Å². The molecule has 0 spiro atoms. The van der Waals surface area contributed by atoms with Gasteiger partial charge < -0.3 is 24.4 Å². The fourth-order valence-electron chi connectivity index (χ4n) is 5.16. The predicted molar refractivity (Wildman–Crippen MR) is 155 cm³/mol. The molecule has 1 saturated heterocycles. The van der Waals surface area contributed by atoms with E-state index in [0.717, 1.165) is 29.5 Å². The molecule has 4 aromatic rings. The largest absolute Gasteiger partial charge is 0.465 e. The summed E-state index contributed by atoms with van der Waals surface area (Å²) in [5, 5.41) is 11.9. The van der Waals surface area contributed by atoms with Gasteiger partial charge >= 0.3 is 6.09 Å². The van der Waals surface area contributed by atoms with Crippen LogP contribution in [-0.4, -0.2) is 65.5 Å². The highest BCUT2D eigenvalue weighted by molar-refractivity contribution is 5.82. The van der Waals surface area contributed by atoms with Crippen LogP contribution >= 0.6 is 0 Å². The maximum atomic E-state index is 11.7. The highest BCUT2D eigenvalue weighted by Crippen LogP contribution is 2.31. The highest BCUT2D eigenvalue weighted by Gasteiger charge is 2.33. The van der Waals surface area contributed by atoms with Crippen LogP contribution in [0.4, 0.5) is 10.7 Å². The third kappa shape index (κ3) is 7.14. The van der Waals surface area contributed by atoms with E-state index in [2.05, 4.69) is 52.4 Å². The van der Waals surface area contributed by atoms with Gasteiger partial charge in [0.2, 0.25) is 5.95 Å². The lowest BCUT2D eigenvalue weighted by Crippen LogP contribution is -2.46. The first-order valence-corrected chi connectivity index (χ1v) is 13.8. The number of likely N-dealkylation sites (tertiary alicyclic amines) is 1. The quantitative estimate of drug-likeness (QED) is 0.243. The number of anilines is 1. The maximum Gasteiger partial charge on any atom is 0.407 e. The van der Waals surface area contributed by atoms with Gasteiger partial charge in [-0.1, -0.05) is 66.7 Å². The molecule has 0 aliphatic carbocycles. The second kappa shape index (κ2) is 13.4. The Balaban J connectivity index is 1.17. The van der Waals surface area contributed by atoms with E-state index in [9.17, 15) is 9.90 Å². The maximum absolute atomic E-state index is 11.7. The van der Waals surface area contributed by atoms with E-state index >= 15 is 0 Å². The van der Waals surface area contributed by atoms with Gasteiger partial charge in [-0.25, -0.2) is 14.8 Å². The Bertz CT molecular complexity index is 1380. The highest BCUT2D eigenvalue weighted by atomic mass is 16.5. The summed E-state index contributed by atoms with van der Waals surface area (Å²) in [6, 6.07) is 24.7. The number of piperidine rings is 1. The molecule has 8 nitrogen and oxygen atoms in total. The Hall–Kier alpha value is -4.01. The zero-order valence-corrected chi connectivity index (χ0v) is 22.9. The lowest BCUT2D eigenvalue weighted by Gasteiger charge is -2.37. The monoisotopic (exact) mass is 540 g/mol. The number of aromatic nitrogens is 2. The molecule has 8 heteroatoms. The number of rotatable bonds is 11. The number of carboxylic acid groups (broad SMARTS) is 1. The second-order valence-electron chi connectivity index (χ2n) is 10.3. The molecule has 2 heterocycles. The van der Waals surface area contributed by atoms with Crippen molar-refractivity contribution in [2.24, 2.45) is 0 Å². The molecular weight excluding hydrogens is 504 g/mol. The lowest BCUT2D eigenvalue weighted by atomic mass is 9.88. The van der Waals surface area contributed by atoms with Crippen LogP contribution in [0.2, 0.25) is 0 Å². The van der Waals surface area contributed by atoms with E-state index < -0.39 is 6.09 Å². The molecule has 0 bridgehead atoms.